The number of rotatable bonds is 7. The summed E-state index contributed by atoms with van der Waals surface area (Å²) in [5.41, 5.74) is 1.85. The van der Waals surface area contributed by atoms with Crippen LogP contribution in [0.15, 0.2) is 35.0 Å². The van der Waals surface area contributed by atoms with Crippen molar-refractivity contribution in [1.29, 1.82) is 0 Å². The fraction of sp³-hybridized carbons (Fsp3) is 0.583. The van der Waals surface area contributed by atoms with Crippen LogP contribution in [-0.4, -0.2) is 64.7 Å². The lowest BCUT2D eigenvalue weighted by molar-refractivity contribution is -0.137. The number of piperidine rings is 1. The fourth-order valence-electron chi connectivity index (χ4n) is 4.94. The highest BCUT2D eigenvalue weighted by atomic mass is 16.6. The summed E-state index contributed by atoms with van der Waals surface area (Å²) in [6, 6.07) is 10.4. The van der Waals surface area contributed by atoms with Gasteiger partial charge in [0.05, 0.1) is 6.54 Å². The quantitative estimate of drug-likeness (QED) is 0.713. The van der Waals surface area contributed by atoms with Gasteiger partial charge in [-0.15, -0.1) is 0 Å². The lowest BCUT2D eigenvalue weighted by atomic mass is 9.81. The topological polar surface area (TPSA) is 91.6 Å². The third-order valence-electron chi connectivity index (χ3n) is 6.81. The number of amides is 2. The second kappa shape index (κ2) is 10.7. The molecule has 32 heavy (non-hydrogen) atoms. The molecule has 3 heterocycles. The molecule has 2 aliphatic rings. The molecule has 0 aliphatic carbocycles. The van der Waals surface area contributed by atoms with Gasteiger partial charge in [0.15, 0.2) is 5.82 Å². The van der Waals surface area contributed by atoms with Crippen molar-refractivity contribution < 1.29 is 14.2 Å². The molecular weight excluding hydrogens is 406 g/mol. The summed E-state index contributed by atoms with van der Waals surface area (Å²) in [5, 5.41) is 10.1. The summed E-state index contributed by atoms with van der Waals surface area (Å²) in [5.74, 6) is 1.13. The number of hydrogen-bond acceptors (Lipinski definition) is 6. The zero-order valence-corrected chi connectivity index (χ0v) is 18.8. The van der Waals surface area contributed by atoms with Gasteiger partial charge in [0.1, 0.15) is 5.69 Å². The second-order valence-corrected chi connectivity index (χ2v) is 9.02. The van der Waals surface area contributed by atoms with Crippen molar-refractivity contribution in [1.82, 2.24) is 20.1 Å². The Morgan fingerprint density at radius 3 is 2.59 bits per heavy atom. The van der Waals surface area contributed by atoms with Crippen LogP contribution < -0.4 is 5.32 Å². The molecule has 2 fully saturated rings. The van der Waals surface area contributed by atoms with E-state index in [4.69, 9.17) is 0 Å². The largest absolute Gasteiger partial charge is 0.342 e. The smallest absolute Gasteiger partial charge is 0.239 e. The lowest BCUT2D eigenvalue weighted by Crippen LogP contribution is -2.44. The van der Waals surface area contributed by atoms with Gasteiger partial charge in [-0.25, -0.2) is 4.63 Å². The molecule has 2 aromatic rings. The lowest BCUT2D eigenvalue weighted by Gasteiger charge is -2.36. The first kappa shape index (κ1) is 22.5. The molecule has 2 saturated heterocycles. The number of carbonyl (C=O) groups excluding carboxylic acids is 2. The van der Waals surface area contributed by atoms with E-state index < -0.39 is 0 Å². The minimum absolute atomic E-state index is 0.111. The number of likely N-dealkylation sites (tertiary alicyclic amines) is 2. The van der Waals surface area contributed by atoms with Crippen molar-refractivity contribution >= 4 is 17.6 Å². The molecule has 1 aromatic carbocycles. The maximum absolute atomic E-state index is 13.4. The minimum atomic E-state index is -0.111. The van der Waals surface area contributed by atoms with Crippen LogP contribution in [-0.2, 0) is 16.0 Å². The molecule has 1 aromatic heterocycles. The third kappa shape index (κ3) is 5.73. The van der Waals surface area contributed by atoms with Gasteiger partial charge >= 0.3 is 0 Å². The zero-order valence-electron chi connectivity index (χ0n) is 18.8. The predicted molar refractivity (Wildman–Crippen MR) is 121 cm³/mol. The van der Waals surface area contributed by atoms with E-state index in [1.165, 1.54) is 5.56 Å². The summed E-state index contributed by atoms with van der Waals surface area (Å²) < 4.78 is 4.62. The Morgan fingerprint density at radius 2 is 1.88 bits per heavy atom. The van der Waals surface area contributed by atoms with E-state index >= 15 is 0 Å². The van der Waals surface area contributed by atoms with Gasteiger partial charge in [-0.05, 0) is 68.8 Å². The van der Waals surface area contributed by atoms with E-state index in [0.29, 0.717) is 29.9 Å². The Bertz CT molecular complexity index is 892. The number of anilines is 1. The van der Waals surface area contributed by atoms with E-state index in [0.717, 1.165) is 64.7 Å². The second-order valence-electron chi connectivity index (χ2n) is 9.02. The molecule has 2 amide bonds. The van der Waals surface area contributed by atoms with Gasteiger partial charge in [0.2, 0.25) is 11.8 Å². The van der Waals surface area contributed by atoms with Gasteiger partial charge in [-0.2, -0.15) is 0 Å². The molecule has 2 aliphatic heterocycles. The minimum Gasteiger partial charge on any atom is -0.342 e. The highest BCUT2D eigenvalue weighted by molar-refractivity contribution is 5.91. The van der Waals surface area contributed by atoms with Gasteiger partial charge < -0.3 is 10.2 Å². The zero-order chi connectivity index (χ0) is 22.3. The molecule has 0 unspecified atom stereocenters. The molecular formula is C24H33N5O3. The SMILES string of the molecule is Cc1nonc1NC(=O)CN1CCC([C@H]2CCCCN(CCc3ccccc3)C2=O)CC1. The van der Waals surface area contributed by atoms with Crippen molar-refractivity contribution in [3.63, 3.8) is 0 Å². The van der Waals surface area contributed by atoms with Gasteiger partial charge in [-0.1, -0.05) is 41.9 Å². The molecule has 4 rings (SSSR count). The monoisotopic (exact) mass is 439 g/mol. The normalized spacial score (nSPS) is 20.8. The molecule has 172 valence electrons. The van der Waals surface area contributed by atoms with E-state index in [9.17, 15) is 9.59 Å². The van der Waals surface area contributed by atoms with Gasteiger partial charge in [0, 0.05) is 19.0 Å². The van der Waals surface area contributed by atoms with Crippen LogP contribution in [0.4, 0.5) is 5.82 Å². The van der Waals surface area contributed by atoms with Crippen molar-refractivity contribution in [3.05, 3.63) is 41.6 Å². The average Bonchev–Trinajstić information content (AvgIpc) is 3.11. The van der Waals surface area contributed by atoms with Crippen LogP contribution in [0.5, 0.6) is 0 Å². The molecule has 8 heteroatoms. The van der Waals surface area contributed by atoms with Gasteiger partial charge in [0.25, 0.3) is 0 Å². The summed E-state index contributed by atoms with van der Waals surface area (Å²) in [6.07, 6.45) is 6.03. The Morgan fingerprint density at radius 1 is 1.09 bits per heavy atom. The van der Waals surface area contributed by atoms with E-state index in [1.54, 1.807) is 6.92 Å². The van der Waals surface area contributed by atoms with Crippen LogP contribution >= 0.6 is 0 Å². The first-order chi connectivity index (χ1) is 15.6. The molecule has 1 atom stereocenters. The molecule has 0 saturated carbocycles. The molecule has 1 N–H and O–H groups in total. The van der Waals surface area contributed by atoms with Crippen LogP contribution in [0.2, 0.25) is 0 Å². The Labute approximate surface area is 189 Å². The fourth-order valence-corrected chi connectivity index (χ4v) is 4.94. The predicted octanol–water partition coefficient (Wildman–Crippen LogP) is 2.90. The summed E-state index contributed by atoms with van der Waals surface area (Å²) in [6.45, 7) is 5.40. The third-order valence-corrected chi connectivity index (χ3v) is 6.81. The molecule has 8 nitrogen and oxygen atoms in total. The molecule has 0 radical (unpaired) electrons. The van der Waals surface area contributed by atoms with Crippen LogP contribution in [0.3, 0.4) is 0 Å². The van der Waals surface area contributed by atoms with Crippen LogP contribution in [0, 0.1) is 18.8 Å². The Kier molecular flexibility index (Phi) is 7.52. The van der Waals surface area contributed by atoms with Crippen molar-refractivity contribution in [2.24, 2.45) is 11.8 Å². The average molecular weight is 440 g/mol. The van der Waals surface area contributed by atoms with Crippen molar-refractivity contribution in [2.45, 2.75) is 45.4 Å². The van der Waals surface area contributed by atoms with E-state index in [1.807, 2.05) is 6.07 Å². The number of aryl methyl sites for hydroxylation is 1. The first-order valence-electron chi connectivity index (χ1n) is 11.7. The standard InChI is InChI=1S/C24H33N5O3/c1-18-23(27-32-26-18)25-22(30)17-28-14-11-20(12-15-28)21-9-5-6-13-29(24(21)31)16-10-19-7-3-2-4-8-19/h2-4,7-8,20-21H,5-6,9-17H2,1H3,(H,25,27,30)/t21-/m1/s1. The number of hydrogen-bond donors (Lipinski definition) is 1. The summed E-state index contributed by atoms with van der Waals surface area (Å²) in [4.78, 5) is 29.9. The van der Waals surface area contributed by atoms with Crippen LogP contribution in [0.1, 0.15) is 43.4 Å². The number of carbonyl (C=O) groups is 2. The maximum atomic E-state index is 13.4. The highest BCUT2D eigenvalue weighted by Crippen LogP contribution is 2.32. The highest BCUT2D eigenvalue weighted by Gasteiger charge is 2.35. The maximum Gasteiger partial charge on any atom is 0.239 e. The van der Waals surface area contributed by atoms with Crippen LogP contribution in [0.25, 0.3) is 0 Å². The molecule has 0 spiro atoms. The first-order valence-corrected chi connectivity index (χ1v) is 11.7. The number of nitrogens with one attached hydrogen (secondary N) is 1. The molecule has 0 bridgehead atoms. The van der Waals surface area contributed by atoms with Gasteiger partial charge in [-0.3, -0.25) is 14.5 Å². The number of aromatic nitrogens is 2. The number of nitrogens with zero attached hydrogens (tertiary/aromatic N) is 4. The van der Waals surface area contributed by atoms with E-state index in [-0.39, 0.29) is 11.8 Å². The Hall–Kier alpha value is -2.74. The Balaban J connectivity index is 1.26. The summed E-state index contributed by atoms with van der Waals surface area (Å²) in [7, 11) is 0. The van der Waals surface area contributed by atoms with E-state index in [2.05, 4.69) is 54.3 Å². The van der Waals surface area contributed by atoms with Crippen molar-refractivity contribution in [3.8, 4) is 0 Å². The van der Waals surface area contributed by atoms with Crippen molar-refractivity contribution in [2.75, 3.05) is 38.0 Å². The number of benzene rings is 1. The summed E-state index contributed by atoms with van der Waals surface area (Å²) >= 11 is 0.